The number of benzene rings is 1. The zero-order chi connectivity index (χ0) is 24.0. The maximum atomic E-state index is 13.1. The maximum Gasteiger partial charge on any atom is 0.295 e. The first-order valence-corrected chi connectivity index (χ1v) is 11.4. The number of aromatic nitrogens is 1. The van der Waals surface area contributed by atoms with E-state index in [2.05, 4.69) is 11.9 Å². The summed E-state index contributed by atoms with van der Waals surface area (Å²) in [6.45, 7) is 5.81. The zero-order valence-electron chi connectivity index (χ0n) is 19.9. The van der Waals surface area contributed by atoms with E-state index in [0.29, 0.717) is 30.7 Å². The van der Waals surface area contributed by atoms with Crippen LogP contribution in [0.4, 0.5) is 0 Å². The lowest BCUT2D eigenvalue weighted by atomic mass is 9.95. The molecule has 1 aromatic heterocycles. The molecule has 33 heavy (non-hydrogen) atoms. The minimum atomic E-state index is -0.679. The fourth-order valence-corrected chi connectivity index (χ4v) is 3.99. The van der Waals surface area contributed by atoms with Crippen LogP contribution in [-0.4, -0.2) is 65.4 Å². The Bertz CT molecular complexity index is 1020. The van der Waals surface area contributed by atoms with Gasteiger partial charge < -0.3 is 19.6 Å². The first-order valence-electron chi connectivity index (χ1n) is 11.4. The van der Waals surface area contributed by atoms with Gasteiger partial charge in [-0.15, -0.1) is 0 Å². The Balaban J connectivity index is 1.99. The van der Waals surface area contributed by atoms with Crippen LogP contribution in [0.3, 0.4) is 0 Å². The molecule has 1 aliphatic rings. The van der Waals surface area contributed by atoms with Crippen LogP contribution in [0.15, 0.2) is 48.3 Å². The standard InChI is InChI=1S/C26H33N3O4/c1-5-6-15-33-21-11-10-19(16-18(21)2)24(30)22-23(20-9-7-12-27-17-20)29(26(32)25(22)31)14-8-13-28(3)4/h7,9-12,16-17,23,30H,5-6,8,13-15H2,1-4H3/b24-22+/t23-/m1/s1. The Kier molecular flexibility index (Phi) is 8.22. The van der Waals surface area contributed by atoms with E-state index in [9.17, 15) is 14.7 Å². The molecule has 0 saturated carbocycles. The molecule has 0 aliphatic carbocycles. The molecule has 0 bridgehead atoms. The number of ether oxygens (including phenoxy) is 1. The van der Waals surface area contributed by atoms with Gasteiger partial charge in [0.2, 0.25) is 0 Å². The summed E-state index contributed by atoms with van der Waals surface area (Å²) in [4.78, 5) is 33.8. The number of hydrogen-bond donors (Lipinski definition) is 1. The molecule has 1 amide bonds. The number of Topliss-reactive ketones (excluding diaryl/α,β-unsaturated/α-hetero) is 1. The van der Waals surface area contributed by atoms with Crippen molar-refractivity contribution in [3.05, 3.63) is 65.0 Å². The Morgan fingerprint density at radius 2 is 2.00 bits per heavy atom. The van der Waals surface area contributed by atoms with Crippen LogP contribution in [0.2, 0.25) is 0 Å². The normalized spacial score (nSPS) is 17.7. The van der Waals surface area contributed by atoms with Gasteiger partial charge in [0.05, 0.1) is 18.2 Å². The number of ketones is 1. The molecule has 1 fully saturated rings. The average Bonchev–Trinajstić information content (AvgIpc) is 3.05. The van der Waals surface area contributed by atoms with Crippen LogP contribution in [0.1, 0.15) is 48.9 Å². The Morgan fingerprint density at radius 3 is 2.64 bits per heavy atom. The van der Waals surface area contributed by atoms with Crippen molar-refractivity contribution in [1.82, 2.24) is 14.8 Å². The van der Waals surface area contributed by atoms with E-state index >= 15 is 0 Å². The molecular formula is C26H33N3O4. The summed E-state index contributed by atoms with van der Waals surface area (Å²) in [5.74, 6) is -0.707. The second-order valence-corrected chi connectivity index (χ2v) is 8.62. The molecule has 2 heterocycles. The number of aliphatic hydroxyl groups is 1. The summed E-state index contributed by atoms with van der Waals surface area (Å²) >= 11 is 0. The maximum absolute atomic E-state index is 13.1. The molecule has 0 unspecified atom stereocenters. The SMILES string of the molecule is CCCCOc1ccc(/C(O)=C2\C(=O)C(=O)N(CCCN(C)C)[C@@H]2c2cccnc2)cc1C. The Hall–Kier alpha value is -3.19. The molecule has 1 saturated heterocycles. The smallest absolute Gasteiger partial charge is 0.295 e. The van der Waals surface area contributed by atoms with Crippen LogP contribution < -0.4 is 4.74 Å². The van der Waals surface area contributed by atoms with Gasteiger partial charge in [-0.3, -0.25) is 14.6 Å². The number of amides is 1. The predicted octanol–water partition coefficient (Wildman–Crippen LogP) is 3.94. The van der Waals surface area contributed by atoms with E-state index in [-0.39, 0.29) is 11.3 Å². The molecule has 1 N–H and O–H groups in total. The third-order valence-corrected chi connectivity index (χ3v) is 5.75. The van der Waals surface area contributed by atoms with E-state index in [1.165, 1.54) is 0 Å². The number of pyridine rings is 1. The lowest BCUT2D eigenvalue weighted by Gasteiger charge is -2.25. The number of aliphatic hydroxyl groups excluding tert-OH is 1. The molecule has 2 aromatic rings. The molecule has 7 heteroatoms. The minimum Gasteiger partial charge on any atom is -0.507 e. The van der Waals surface area contributed by atoms with Crippen LogP contribution in [0, 0.1) is 6.92 Å². The topological polar surface area (TPSA) is 83.0 Å². The minimum absolute atomic E-state index is 0.0944. The molecule has 0 spiro atoms. The van der Waals surface area contributed by atoms with Crippen molar-refractivity contribution in [2.45, 2.75) is 39.2 Å². The van der Waals surface area contributed by atoms with Gasteiger partial charge in [-0.25, -0.2) is 0 Å². The van der Waals surface area contributed by atoms with Crippen molar-refractivity contribution in [3.8, 4) is 5.75 Å². The van der Waals surface area contributed by atoms with Crippen molar-refractivity contribution >= 4 is 17.4 Å². The van der Waals surface area contributed by atoms with E-state index in [4.69, 9.17) is 4.74 Å². The molecule has 1 aromatic carbocycles. The van der Waals surface area contributed by atoms with Gasteiger partial charge in [-0.2, -0.15) is 0 Å². The first kappa shape index (κ1) is 24.5. The fourth-order valence-electron chi connectivity index (χ4n) is 3.99. The summed E-state index contributed by atoms with van der Waals surface area (Å²) < 4.78 is 5.81. The van der Waals surface area contributed by atoms with Crippen molar-refractivity contribution in [1.29, 1.82) is 0 Å². The van der Waals surface area contributed by atoms with Crippen LogP contribution >= 0.6 is 0 Å². The van der Waals surface area contributed by atoms with Crippen LogP contribution in [0.25, 0.3) is 5.76 Å². The summed E-state index contributed by atoms with van der Waals surface area (Å²) in [5, 5.41) is 11.2. The highest BCUT2D eigenvalue weighted by Gasteiger charge is 2.45. The average molecular weight is 452 g/mol. The van der Waals surface area contributed by atoms with Crippen LogP contribution in [-0.2, 0) is 9.59 Å². The van der Waals surface area contributed by atoms with Gasteiger partial charge in [-0.05, 0) is 75.8 Å². The Morgan fingerprint density at radius 1 is 1.21 bits per heavy atom. The fraction of sp³-hybridized carbons (Fsp3) is 0.423. The number of hydrogen-bond acceptors (Lipinski definition) is 6. The van der Waals surface area contributed by atoms with Gasteiger partial charge in [0.1, 0.15) is 11.5 Å². The predicted molar refractivity (Wildman–Crippen MR) is 128 cm³/mol. The van der Waals surface area contributed by atoms with Gasteiger partial charge in [0, 0.05) is 24.5 Å². The summed E-state index contributed by atoms with van der Waals surface area (Å²) in [5.41, 5.74) is 2.13. The van der Waals surface area contributed by atoms with E-state index in [1.807, 2.05) is 32.0 Å². The van der Waals surface area contributed by atoms with Crippen molar-refractivity contribution < 1.29 is 19.4 Å². The molecule has 3 rings (SSSR count). The van der Waals surface area contributed by atoms with Gasteiger partial charge in [-0.1, -0.05) is 19.4 Å². The second-order valence-electron chi connectivity index (χ2n) is 8.62. The van der Waals surface area contributed by atoms with Crippen molar-refractivity contribution in [2.24, 2.45) is 0 Å². The number of unbranched alkanes of at least 4 members (excludes halogenated alkanes) is 1. The molecular weight excluding hydrogens is 418 g/mol. The third kappa shape index (κ3) is 5.60. The molecule has 1 atom stereocenters. The molecule has 1 aliphatic heterocycles. The number of likely N-dealkylation sites (tertiary alicyclic amines) is 1. The van der Waals surface area contributed by atoms with Crippen molar-refractivity contribution in [2.75, 3.05) is 33.8 Å². The van der Waals surface area contributed by atoms with Gasteiger partial charge in [0.25, 0.3) is 11.7 Å². The molecule has 176 valence electrons. The quantitative estimate of drug-likeness (QED) is 0.255. The third-order valence-electron chi connectivity index (χ3n) is 5.75. The Labute approximate surface area is 195 Å². The zero-order valence-corrected chi connectivity index (χ0v) is 19.9. The monoisotopic (exact) mass is 451 g/mol. The number of nitrogens with zero attached hydrogens (tertiary/aromatic N) is 3. The number of aryl methyl sites for hydroxylation is 1. The number of carbonyl (C=O) groups is 2. The second kappa shape index (κ2) is 11.1. The summed E-state index contributed by atoms with van der Waals surface area (Å²) in [6, 6.07) is 8.22. The summed E-state index contributed by atoms with van der Waals surface area (Å²) in [6.07, 6.45) is 5.99. The van der Waals surface area contributed by atoms with E-state index < -0.39 is 17.7 Å². The lowest BCUT2D eigenvalue weighted by molar-refractivity contribution is -0.139. The first-order chi connectivity index (χ1) is 15.8. The molecule has 0 radical (unpaired) electrons. The highest BCUT2D eigenvalue weighted by atomic mass is 16.5. The van der Waals surface area contributed by atoms with E-state index in [0.717, 1.165) is 30.7 Å². The summed E-state index contributed by atoms with van der Waals surface area (Å²) in [7, 11) is 3.93. The highest BCUT2D eigenvalue weighted by Crippen LogP contribution is 2.39. The highest BCUT2D eigenvalue weighted by molar-refractivity contribution is 6.46. The molecule has 7 nitrogen and oxygen atoms in total. The van der Waals surface area contributed by atoms with Gasteiger partial charge in [0.15, 0.2) is 0 Å². The number of carbonyl (C=O) groups excluding carboxylic acids is 2. The largest absolute Gasteiger partial charge is 0.507 e. The van der Waals surface area contributed by atoms with E-state index in [1.54, 1.807) is 41.6 Å². The number of rotatable bonds is 10. The lowest BCUT2D eigenvalue weighted by Crippen LogP contribution is -2.32. The van der Waals surface area contributed by atoms with Crippen LogP contribution in [0.5, 0.6) is 5.75 Å². The van der Waals surface area contributed by atoms with Gasteiger partial charge >= 0.3 is 0 Å². The van der Waals surface area contributed by atoms with Crippen molar-refractivity contribution in [3.63, 3.8) is 0 Å².